The molecular weight excluding hydrogens is 110 g/mol. The van der Waals surface area contributed by atoms with Crippen LogP contribution in [0.5, 0.6) is 0 Å². The standard InChI is InChI=1S/C8H15N/c1-5-8(6-2)7(3)9-4/h5-7,9H,1H2,2-4H3/b8-6+. The molecule has 1 nitrogen and oxygen atoms in total. The Hall–Kier alpha value is -0.560. The minimum Gasteiger partial charge on any atom is -0.313 e. The van der Waals surface area contributed by atoms with Gasteiger partial charge in [0.05, 0.1) is 0 Å². The molecule has 0 aliphatic heterocycles. The van der Waals surface area contributed by atoms with Crippen molar-refractivity contribution >= 4 is 0 Å². The van der Waals surface area contributed by atoms with E-state index in [9.17, 15) is 0 Å². The van der Waals surface area contributed by atoms with Crippen molar-refractivity contribution < 1.29 is 0 Å². The zero-order chi connectivity index (χ0) is 7.28. The van der Waals surface area contributed by atoms with Gasteiger partial charge < -0.3 is 5.32 Å². The molecule has 9 heavy (non-hydrogen) atoms. The molecule has 0 aliphatic rings. The fourth-order valence-corrected chi connectivity index (χ4v) is 0.711. The first kappa shape index (κ1) is 8.44. The SMILES string of the molecule is C=C/C(=C\C)C(C)NC. The molecule has 1 atom stereocenters. The van der Waals surface area contributed by atoms with Gasteiger partial charge in [-0.1, -0.05) is 18.7 Å². The van der Waals surface area contributed by atoms with Gasteiger partial charge in [-0.15, -0.1) is 0 Å². The van der Waals surface area contributed by atoms with E-state index in [2.05, 4.69) is 24.9 Å². The molecule has 0 heterocycles. The Labute approximate surface area is 57.5 Å². The number of likely N-dealkylation sites (N-methyl/N-ethyl adjacent to an activating group) is 1. The summed E-state index contributed by atoms with van der Waals surface area (Å²) in [6.45, 7) is 7.82. The molecule has 0 fully saturated rings. The van der Waals surface area contributed by atoms with Gasteiger partial charge in [0.2, 0.25) is 0 Å². The van der Waals surface area contributed by atoms with Gasteiger partial charge in [0.1, 0.15) is 0 Å². The first-order chi connectivity index (χ1) is 4.26. The summed E-state index contributed by atoms with van der Waals surface area (Å²) in [7, 11) is 1.94. The second-order valence-corrected chi connectivity index (χ2v) is 2.00. The van der Waals surface area contributed by atoms with Crippen molar-refractivity contribution in [3.8, 4) is 0 Å². The predicted molar refractivity (Wildman–Crippen MR) is 42.5 cm³/mol. The Bertz CT molecular complexity index is 114. The smallest absolute Gasteiger partial charge is 0.0285 e. The summed E-state index contributed by atoms with van der Waals surface area (Å²) in [5, 5.41) is 3.13. The van der Waals surface area contributed by atoms with E-state index in [4.69, 9.17) is 0 Å². The highest BCUT2D eigenvalue weighted by molar-refractivity contribution is 5.20. The maximum atomic E-state index is 3.69. The van der Waals surface area contributed by atoms with Gasteiger partial charge in [-0.25, -0.2) is 0 Å². The van der Waals surface area contributed by atoms with Crippen molar-refractivity contribution in [1.82, 2.24) is 5.32 Å². The topological polar surface area (TPSA) is 12.0 Å². The van der Waals surface area contributed by atoms with E-state index in [0.29, 0.717) is 6.04 Å². The molecule has 0 rings (SSSR count). The molecule has 0 aromatic heterocycles. The minimum absolute atomic E-state index is 0.424. The van der Waals surface area contributed by atoms with Gasteiger partial charge in [0, 0.05) is 6.04 Å². The maximum absolute atomic E-state index is 3.69. The third kappa shape index (κ3) is 2.47. The summed E-state index contributed by atoms with van der Waals surface area (Å²) in [6.07, 6.45) is 3.94. The highest BCUT2D eigenvalue weighted by Gasteiger charge is 1.98. The lowest BCUT2D eigenvalue weighted by molar-refractivity contribution is 0.704. The van der Waals surface area contributed by atoms with E-state index in [1.165, 1.54) is 5.57 Å². The van der Waals surface area contributed by atoms with Crippen LogP contribution in [0.2, 0.25) is 0 Å². The summed E-state index contributed by atoms with van der Waals surface area (Å²) < 4.78 is 0. The Morgan fingerprint density at radius 2 is 2.22 bits per heavy atom. The summed E-state index contributed by atoms with van der Waals surface area (Å²) >= 11 is 0. The lowest BCUT2D eigenvalue weighted by Gasteiger charge is -2.09. The molecular formula is C8H15N. The third-order valence-corrected chi connectivity index (χ3v) is 1.50. The highest BCUT2D eigenvalue weighted by Crippen LogP contribution is 2.00. The number of hydrogen-bond acceptors (Lipinski definition) is 1. The zero-order valence-corrected chi connectivity index (χ0v) is 6.44. The lowest BCUT2D eigenvalue weighted by atomic mass is 10.1. The molecule has 0 bridgehead atoms. The molecule has 1 N–H and O–H groups in total. The second kappa shape index (κ2) is 4.33. The Kier molecular flexibility index (Phi) is 4.06. The van der Waals surface area contributed by atoms with Crippen LogP contribution < -0.4 is 5.32 Å². The minimum atomic E-state index is 0.424. The molecule has 0 amide bonds. The molecule has 1 heteroatoms. The normalized spacial score (nSPS) is 15.2. The van der Waals surface area contributed by atoms with Gasteiger partial charge in [0.25, 0.3) is 0 Å². The van der Waals surface area contributed by atoms with Gasteiger partial charge in [-0.2, -0.15) is 0 Å². The van der Waals surface area contributed by atoms with Crippen molar-refractivity contribution in [3.63, 3.8) is 0 Å². The molecule has 0 spiro atoms. The first-order valence-corrected chi connectivity index (χ1v) is 3.22. The van der Waals surface area contributed by atoms with Crippen molar-refractivity contribution in [1.29, 1.82) is 0 Å². The van der Waals surface area contributed by atoms with Gasteiger partial charge >= 0.3 is 0 Å². The van der Waals surface area contributed by atoms with Crippen LogP contribution in [0.3, 0.4) is 0 Å². The molecule has 0 radical (unpaired) electrons. The number of rotatable bonds is 3. The Morgan fingerprint density at radius 1 is 1.67 bits per heavy atom. The van der Waals surface area contributed by atoms with Crippen molar-refractivity contribution in [2.45, 2.75) is 19.9 Å². The monoisotopic (exact) mass is 125 g/mol. The summed E-state index contributed by atoms with van der Waals surface area (Å²) in [6, 6.07) is 0.424. The lowest BCUT2D eigenvalue weighted by Crippen LogP contribution is -2.22. The van der Waals surface area contributed by atoms with Crippen molar-refractivity contribution in [2.75, 3.05) is 7.05 Å². The van der Waals surface area contributed by atoms with E-state index in [1.54, 1.807) is 0 Å². The van der Waals surface area contributed by atoms with Crippen LogP contribution in [0.4, 0.5) is 0 Å². The molecule has 0 aromatic carbocycles. The van der Waals surface area contributed by atoms with Crippen LogP contribution in [0.25, 0.3) is 0 Å². The Balaban J connectivity index is 3.95. The molecule has 0 saturated heterocycles. The average Bonchev–Trinajstić information content (AvgIpc) is 1.90. The average molecular weight is 125 g/mol. The van der Waals surface area contributed by atoms with Crippen molar-refractivity contribution in [3.05, 3.63) is 24.3 Å². The fourth-order valence-electron chi connectivity index (χ4n) is 0.711. The molecule has 0 saturated carbocycles. The largest absolute Gasteiger partial charge is 0.313 e. The van der Waals surface area contributed by atoms with Crippen LogP contribution in [-0.2, 0) is 0 Å². The van der Waals surface area contributed by atoms with E-state index in [0.717, 1.165) is 0 Å². The quantitative estimate of drug-likeness (QED) is 0.566. The van der Waals surface area contributed by atoms with E-state index in [1.807, 2.05) is 20.0 Å². The molecule has 1 unspecified atom stereocenters. The summed E-state index contributed by atoms with van der Waals surface area (Å²) in [5.74, 6) is 0. The van der Waals surface area contributed by atoms with Crippen LogP contribution in [0, 0.1) is 0 Å². The second-order valence-electron chi connectivity index (χ2n) is 2.00. The third-order valence-electron chi connectivity index (χ3n) is 1.50. The predicted octanol–water partition coefficient (Wildman–Crippen LogP) is 1.73. The molecule has 0 aromatic rings. The van der Waals surface area contributed by atoms with Crippen molar-refractivity contribution in [2.24, 2.45) is 0 Å². The van der Waals surface area contributed by atoms with Crippen LogP contribution in [0.1, 0.15) is 13.8 Å². The molecule has 0 aliphatic carbocycles. The summed E-state index contributed by atoms with van der Waals surface area (Å²) in [5.41, 5.74) is 1.25. The molecule has 52 valence electrons. The zero-order valence-electron chi connectivity index (χ0n) is 6.44. The summed E-state index contributed by atoms with van der Waals surface area (Å²) in [4.78, 5) is 0. The maximum Gasteiger partial charge on any atom is 0.0285 e. The first-order valence-electron chi connectivity index (χ1n) is 3.22. The highest BCUT2D eigenvalue weighted by atomic mass is 14.9. The van der Waals surface area contributed by atoms with Gasteiger partial charge in [-0.05, 0) is 26.5 Å². The van der Waals surface area contributed by atoms with Crippen LogP contribution >= 0.6 is 0 Å². The van der Waals surface area contributed by atoms with Crippen LogP contribution in [0.15, 0.2) is 24.3 Å². The van der Waals surface area contributed by atoms with E-state index < -0.39 is 0 Å². The van der Waals surface area contributed by atoms with E-state index >= 15 is 0 Å². The van der Waals surface area contributed by atoms with E-state index in [-0.39, 0.29) is 0 Å². The van der Waals surface area contributed by atoms with Crippen LogP contribution in [-0.4, -0.2) is 13.1 Å². The fraction of sp³-hybridized carbons (Fsp3) is 0.500. The van der Waals surface area contributed by atoms with Gasteiger partial charge in [-0.3, -0.25) is 0 Å². The van der Waals surface area contributed by atoms with Gasteiger partial charge in [0.15, 0.2) is 0 Å². The number of hydrogen-bond donors (Lipinski definition) is 1. The number of nitrogens with one attached hydrogen (secondary N) is 1. The Morgan fingerprint density at radius 3 is 2.33 bits per heavy atom. The number of allylic oxidation sites excluding steroid dienone is 1.